The highest BCUT2D eigenvalue weighted by Crippen LogP contribution is 2.23. The number of nitrogens with zero attached hydrogens (tertiary/aromatic N) is 2. The number of rotatable bonds is 5. The third kappa shape index (κ3) is 5.32. The molecule has 1 amide bonds. The first-order valence-electron chi connectivity index (χ1n) is 8.90. The summed E-state index contributed by atoms with van der Waals surface area (Å²) in [5, 5.41) is 11.7. The third-order valence-corrected chi connectivity index (χ3v) is 4.49. The van der Waals surface area contributed by atoms with Crippen LogP contribution in [0.25, 0.3) is 0 Å². The Bertz CT molecular complexity index is 891. The van der Waals surface area contributed by atoms with Crippen molar-refractivity contribution < 1.29 is 14.3 Å². The lowest BCUT2D eigenvalue weighted by molar-refractivity contribution is -0.144. The van der Waals surface area contributed by atoms with Crippen LogP contribution in [0.2, 0.25) is 0 Å². The summed E-state index contributed by atoms with van der Waals surface area (Å²) in [5.41, 5.74) is 4.05. The van der Waals surface area contributed by atoms with E-state index in [1.807, 2.05) is 29.2 Å². The van der Waals surface area contributed by atoms with Crippen LogP contribution in [-0.2, 0) is 22.5 Å². The average Bonchev–Trinajstić information content (AvgIpc) is 2.68. The van der Waals surface area contributed by atoms with Gasteiger partial charge in [0.25, 0.3) is 5.91 Å². The van der Waals surface area contributed by atoms with E-state index in [0.717, 1.165) is 18.5 Å². The van der Waals surface area contributed by atoms with Crippen molar-refractivity contribution in [2.75, 3.05) is 25.0 Å². The van der Waals surface area contributed by atoms with E-state index in [4.69, 9.17) is 10.00 Å². The summed E-state index contributed by atoms with van der Waals surface area (Å²) in [5.74, 6) is -0.440. The molecule has 0 saturated carbocycles. The molecule has 0 spiro atoms. The van der Waals surface area contributed by atoms with Crippen LogP contribution >= 0.6 is 12.4 Å². The molecule has 0 bridgehead atoms. The monoisotopic (exact) mass is 399 g/mol. The normalized spacial score (nSPS) is 12.9. The van der Waals surface area contributed by atoms with Crippen molar-refractivity contribution in [1.29, 1.82) is 5.26 Å². The van der Waals surface area contributed by atoms with Crippen molar-refractivity contribution in [3.8, 4) is 6.07 Å². The number of amides is 1. The highest BCUT2D eigenvalue weighted by Gasteiger charge is 2.19. The van der Waals surface area contributed by atoms with Gasteiger partial charge >= 0.3 is 5.97 Å². The van der Waals surface area contributed by atoms with Gasteiger partial charge in [-0.15, -0.1) is 12.4 Å². The second kappa shape index (κ2) is 9.88. The smallest absolute Gasteiger partial charge is 0.320 e. The SMILES string of the molecule is CCOC(=O)CN1CCc2ccc(NC(=O)c3ccc(C#N)cc3)cc2C1.Cl. The predicted molar refractivity (Wildman–Crippen MR) is 108 cm³/mol. The number of nitrogens with one attached hydrogen (secondary N) is 1. The lowest BCUT2D eigenvalue weighted by atomic mass is 9.99. The number of halogens is 1. The molecule has 0 aromatic heterocycles. The molecule has 1 heterocycles. The number of esters is 1. The van der Waals surface area contributed by atoms with Crippen molar-refractivity contribution in [3.05, 3.63) is 64.7 Å². The molecule has 28 heavy (non-hydrogen) atoms. The number of benzene rings is 2. The quantitative estimate of drug-likeness (QED) is 0.781. The molecule has 7 heteroatoms. The standard InChI is InChI=1S/C21H21N3O3.ClH/c1-2-27-20(25)14-24-10-9-16-7-8-19(11-18(16)13-24)23-21(26)17-5-3-15(12-22)4-6-17;/h3-8,11H,2,9-10,13-14H2,1H3,(H,23,26);1H. The lowest BCUT2D eigenvalue weighted by Crippen LogP contribution is -2.35. The molecule has 3 rings (SSSR count). The van der Waals surface area contributed by atoms with Crippen molar-refractivity contribution in [2.24, 2.45) is 0 Å². The minimum atomic E-state index is -0.223. The van der Waals surface area contributed by atoms with E-state index in [0.29, 0.717) is 30.0 Å². The fourth-order valence-corrected chi connectivity index (χ4v) is 3.12. The Morgan fingerprint density at radius 3 is 2.61 bits per heavy atom. The molecule has 0 atom stereocenters. The van der Waals surface area contributed by atoms with Crippen molar-refractivity contribution >= 4 is 30.0 Å². The van der Waals surface area contributed by atoms with Crippen LogP contribution in [0.5, 0.6) is 0 Å². The Morgan fingerprint density at radius 2 is 1.93 bits per heavy atom. The summed E-state index contributed by atoms with van der Waals surface area (Å²) in [6.45, 7) is 3.91. The highest BCUT2D eigenvalue weighted by atomic mass is 35.5. The van der Waals surface area contributed by atoms with Crippen LogP contribution < -0.4 is 5.32 Å². The Balaban J connectivity index is 0.00000280. The zero-order chi connectivity index (χ0) is 19.2. The van der Waals surface area contributed by atoms with Gasteiger partial charge in [0.2, 0.25) is 0 Å². The number of ether oxygens (including phenoxy) is 1. The maximum atomic E-state index is 12.4. The molecule has 0 aliphatic carbocycles. The second-order valence-corrected chi connectivity index (χ2v) is 6.39. The van der Waals surface area contributed by atoms with Gasteiger partial charge in [0, 0.05) is 24.3 Å². The Labute approximate surface area is 170 Å². The molecular weight excluding hydrogens is 378 g/mol. The van der Waals surface area contributed by atoms with E-state index in [2.05, 4.69) is 5.32 Å². The molecule has 0 fully saturated rings. The first kappa shape index (κ1) is 21.4. The van der Waals surface area contributed by atoms with Gasteiger partial charge in [-0.25, -0.2) is 0 Å². The van der Waals surface area contributed by atoms with Gasteiger partial charge in [-0.3, -0.25) is 14.5 Å². The van der Waals surface area contributed by atoms with Crippen LogP contribution in [0.15, 0.2) is 42.5 Å². The van der Waals surface area contributed by atoms with E-state index in [9.17, 15) is 9.59 Å². The van der Waals surface area contributed by atoms with Gasteiger partial charge in [-0.2, -0.15) is 5.26 Å². The molecule has 1 aliphatic heterocycles. The molecule has 1 aliphatic rings. The van der Waals surface area contributed by atoms with Crippen LogP contribution in [0.1, 0.15) is 34.0 Å². The number of hydrogen-bond acceptors (Lipinski definition) is 5. The minimum Gasteiger partial charge on any atom is -0.465 e. The van der Waals surface area contributed by atoms with Gasteiger partial charge < -0.3 is 10.1 Å². The second-order valence-electron chi connectivity index (χ2n) is 6.39. The third-order valence-electron chi connectivity index (χ3n) is 4.49. The highest BCUT2D eigenvalue weighted by molar-refractivity contribution is 6.04. The predicted octanol–water partition coefficient (Wildman–Crippen LogP) is 3.15. The summed E-state index contributed by atoms with van der Waals surface area (Å²) in [6.07, 6.45) is 0.860. The van der Waals surface area contributed by atoms with E-state index in [1.165, 1.54) is 5.56 Å². The Kier molecular flexibility index (Phi) is 7.56. The van der Waals surface area contributed by atoms with Crippen LogP contribution in [-0.4, -0.2) is 36.5 Å². The summed E-state index contributed by atoms with van der Waals surface area (Å²) in [7, 11) is 0. The number of fused-ring (bicyclic) bond motifs is 1. The zero-order valence-electron chi connectivity index (χ0n) is 15.6. The molecule has 0 unspecified atom stereocenters. The van der Waals surface area contributed by atoms with Crippen LogP contribution in [0.3, 0.4) is 0 Å². The molecule has 2 aromatic carbocycles. The fourth-order valence-electron chi connectivity index (χ4n) is 3.12. The maximum absolute atomic E-state index is 12.4. The molecular formula is C21H22ClN3O3. The topological polar surface area (TPSA) is 82.4 Å². The van der Waals surface area contributed by atoms with E-state index >= 15 is 0 Å². The Hall–Kier alpha value is -2.88. The first-order valence-corrected chi connectivity index (χ1v) is 8.90. The van der Waals surface area contributed by atoms with E-state index in [1.54, 1.807) is 31.2 Å². The lowest BCUT2D eigenvalue weighted by Gasteiger charge is -2.28. The maximum Gasteiger partial charge on any atom is 0.320 e. The summed E-state index contributed by atoms with van der Waals surface area (Å²) in [6, 6.07) is 14.4. The molecule has 1 N–H and O–H groups in total. The van der Waals surface area contributed by atoms with Gasteiger partial charge in [0.1, 0.15) is 0 Å². The number of nitriles is 1. The first-order chi connectivity index (χ1) is 13.1. The number of carbonyl (C=O) groups excluding carboxylic acids is 2. The van der Waals surface area contributed by atoms with E-state index in [-0.39, 0.29) is 30.8 Å². The molecule has 146 valence electrons. The van der Waals surface area contributed by atoms with Gasteiger partial charge in [-0.05, 0) is 60.9 Å². The minimum absolute atomic E-state index is 0. The van der Waals surface area contributed by atoms with Gasteiger partial charge in [0.05, 0.1) is 24.8 Å². The molecule has 2 aromatic rings. The Morgan fingerprint density at radius 1 is 1.18 bits per heavy atom. The summed E-state index contributed by atoms with van der Waals surface area (Å²) < 4.78 is 5.02. The average molecular weight is 400 g/mol. The van der Waals surface area contributed by atoms with Gasteiger partial charge in [0.15, 0.2) is 0 Å². The van der Waals surface area contributed by atoms with Crippen molar-refractivity contribution in [3.63, 3.8) is 0 Å². The van der Waals surface area contributed by atoms with Crippen LogP contribution in [0, 0.1) is 11.3 Å². The zero-order valence-corrected chi connectivity index (χ0v) is 16.4. The molecule has 6 nitrogen and oxygen atoms in total. The van der Waals surface area contributed by atoms with Crippen LogP contribution in [0.4, 0.5) is 5.69 Å². The summed E-state index contributed by atoms with van der Waals surface area (Å²) in [4.78, 5) is 26.1. The fraction of sp³-hybridized carbons (Fsp3) is 0.286. The molecule has 0 radical (unpaired) electrons. The molecule has 0 saturated heterocycles. The summed E-state index contributed by atoms with van der Waals surface area (Å²) >= 11 is 0. The van der Waals surface area contributed by atoms with Crippen molar-refractivity contribution in [1.82, 2.24) is 4.90 Å². The number of carbonyl (C=O) groups is 2. The van der Waals surface area contributed by atoms with Crippen molar-refractivity contribution in [2.45, 2.75) is 19.9 Å². The number of hydrogen-bond donors (Lipinski definition) is 1. The number of anilines is 1. The van der Waals surface area contributed by atoms with E-state index < -0.39 is 0 Å². The van der Waals surface area contributed by atoms with Gasteiger partial charge in [-0.1, -0.05) is 6.07 Å². The largest absolute Gasteiger partial charge is 0.465 e.